The van der Waals surface area contributed by atoms with Gasteiger partial charge in [-0.1, -0.05) is 54.6 Å². The van der Waals surface area contributed by atoms with Crippen LogP contribution in [0.3, 0.4) is 0 Å². The molecule has 1 aliphatic rings. The predicted molar refractivity (Wildman–Crippen MR) is 110 cm³/mol. The number of hydrogen-bond acceptors (Lipinski definition) is 3. The van der Waals surface area contributed by atoms with Gasteiger partial charge in [0, 0.05) is 17.2 Å². The van der Waals surface area contributed by atoms with Crippen molar-refractivity contribution in [2.45, 2.75) is 11.0 Å². The lowest BCUT2D eigenvalue weighted by molar-refractivity contribution is -0.115. The Kier molecular flexibility index (Phi) is 4.99. The maximum Gasteiger partial charge on any atom is 0.228 e. The molecule has 4 rings (SSSR count). The molecule has 3 aromatic carbocycles. The summed E-state index contributed by atoms with van der Waals surface area (Å²) >= 11 is 3.95. The number of anilines is 1. The first-order valence-electron chi connectivity index (χ1n) is 8.39. The summed E-state index contributed by atoms with van der Waals surface area (Å²) in [6.45, 7) is 0. The highest BCUT2D eigenvalue weighted by Crippen LogP contribution is 2.45. The lowest BCUT2D eigenvalue weighted by atomic mass is 10.0. The van der Waals surface area contributed by atoms with Crippen LogP contribution in [-0.2, 0) is 11.2 Å². The van der Waals surface area contributed by atoms with Gasteiger partial charge < -0.3 is 5.32 Å². The van der Waals surface area contributed by atoms with Crippen LogP contribution >= 0.6 is 23.5 Å². The molecule has 0 aliphatic carbocycles. The van der Waals surface area contributed by atoms with Gasteiger partial charge in [-0.25, -0.2) is 0 Å². The third-order valence-corrected chi connectivity index (χ3v) is 7.40. The second-order valence-corrected chi connectivity index (χ2v) is 8.79. The Morgan fingerprint density at radius 1 is 0.960 bits per heavy atom. The zero-order chi connectivity index (χ0) is 17.1. The highest BCUT2D eigenvalue weighted by molar-refractivity contribution is 8.19. The Balaban J connectivity index is 1.49. The molecule has 0 unspecified atom stereocenters. The minimum atomic E-state index is 0.0280. The van der Waals surface area contributed by atoms with Crippen LogP contribution in [0.1, 0.15) is 15.7 Å². The van der Waals surface area contributed by atoms with Crippen LogP contribution in [0.2, 0.25) is 0 Å². The second kappa shape index (κ2) is 7.54. The molecule has 0 saturated carbocycles. The zero-order valence-corrected chi connectivity index (χ0v) is 15.4. The van der Waals surface area contributed by atoms with E-state index in [1.165, 1.54) is 22.5 Å². The van der Waals surface area contributed by atoms with E-state index in [-0.39, 0.29) is 5.91 Å². The van der Waals surface area contributed by atoms with Crippen LogP contribution < -0.4 is 5.32 Å². The van der Waals surface area contributed by atoms with Crippen molar-refractivity contribution in [3.63, 3.8) is 0 Å². The van der Waals surface area contributed by atoms with Gasteiger partial charge in [0.25, 0.3) is 0 Å². The van der Waals surface area contributed by atoms with E-state index in [9.17, 15) is 4.79 Å². The van der Waals surface area contributed by atoms with E-state index >= 15 is 0 Å². The molecule has 0 aromatic heterocycles. The van der Waals surface area contributed by atoms with Crippen molar-refractivity contribution in [1.29, 1.82) is 0 Å². The fraction of sp³-hybridized carbons (Fsp3) is 0.190. The van der Waals surface area contributed by atoms with Crippen LogP contribution in [-0.4, -0.2) is 17.4 Å². The summed E-state index contributed by atoms with van der Waals surface area (Å²) in [5.41, 5.74) is 3.24. The molecule has 1 aliphatic heterocycles. The molecular weight excluding hydrogens is 346 g/mol. The molecule has 1 heterocycles. The van der Waals surface area contributed by atoms with Gasteiger partial charge in [0.05, 0.1) is 11.0 Å². The molecule has 25 heavy (non-hydrogen) atoms. The van der Waals surface area contributed by atoms with E-state index in [1.807, 2.05) is 59.9 Å². The molecule has 1 saturated heterocycles. The van der Waals surface area contributed by atoms with Crippen molar-refractivity contribution in [3.05, 3.63) is 77.9 Å². The Morgan fingerprint density at radius 2 is 1.72 bits per heavy atom. The Labute approximate surface area is 156 Å². The zero-order valence-electron chi connectivity index (χ0n) is 13.8. The van der Waals surface area contributed by atoms with Crippen LogP contribution in [0.5, 0.6) is 0 Å². The van der Waals surface area contributed by atoms with Crippen molar-refractivity contribution in [2.75, 3.05) is 16.8 Å². The summed E-state index contributed by atoms with van der Waals surface area (Å²) in [7, 11) is 0. The van der Waals surface area contributed by atoms with Gasteiger partial charge in [-0.3, -0.25) is 4.79 Å². The molecule has 0 bridgehead atoms. The summed E-state index contributed by atoms with van der Waals surface area (Å²) in [4.78, 5) is 12.5. The van der Waals surface area contributed by atoms with Crippen molar-refractivity contribution in [2.24, 2.45) is 0 Å². The van der Waals surface area contributed by atoms with Crippen LogP contribution in [0.15, 0.2) is 66.7 Å². The van der Waals surface area contributed by atoms with Crippen LogP contribution in [0.25, 0.3) is 10.8 Å². The molecule has 126 valence electrons. The van der Waals surface area contributed by atoms with Gasteiger partial charge in [-0.15, -0.1) is 23.5 Å². The first-order chi connectivity index (χ1) is 12.3. The Bertz CT molecular complexity index is 898. The molecule has 4 heteroatoms. The number of thioether (sulfide) groups is 2. The number of carbonyl (C=O) groups excluding carboxylic acids is 1. The maximum absolute atomic E-state index is 12.5. The number of benzene rings is 3. The van der Waals surface area contributed by atoms with Crippen LogP contribution in [0, 0.1) is 0 Å². The molecule has 1 N–H and O–H groups in total. The van der Waals surface area contributed by atoms with E-state index in [4.69, 9.17) is 0 Å². The van der Waals surface area contributed by atoms with E-state index in [0.29, 0.717) is 11.0 Å². The normalized spacial score (nSPS) is 14.7. The fourth-order valence-corrected chi connectivity index (χ4v) is 5.98. The molecular formula is C21H19NOS2. The number of fused-ring (bicyclic) bond motifs is 1. The second-order valence-electron chi connectivity index (χ2n) is 6.06. The van der Waals surface area contributed by atoms with Gasteiger partial charge in [0.15, 0.2) is 0 Å². The van der Waals surface area contributed by atoms with Crippen molar-refractivity contribution < 1.29 is 4.79 Å². The standard InChI is InChI=1S/C21H19NOS2/c23-20(14-16-7-3-6-15-5-1-2-10-19(15)16)22-18-9-4-8-17(13-18)21-24-11-12-25-21/h1-10,13,21H,11-12,14H2,(H,22,23). The average molecular weight is 366 g/mol. The molecule has 0 radical (unpaired) electrons. The highest BCUT2D eigenvalue weighted by atomic mass is 32.2. The number of carbonyl (C=O) groups is 1. The van der Waals surface area contributed by atoms with E-state index < -0.39 is 0 Å². The molecule has 1 amide bonds. The minimum Gasteiger partial charge on any atom is -0.326 e. The van der Waals surface area contributed by atoms with E-state index in [1.54, 1.807) is 0 Å². The molecule has 2 nitrogen and oxygen atoms in total. The van der Waals surface area contributed by atoms with E-state index in [0.717, 1.165) is 16.6 Å². The number of rotatable bonds is 4. The summed E-state index contributed by atoms with van der Waals surface area (Å²) in [5.74, 6) is 2.43. The predicted octanol–water partition coefficient (Wildman–Crippen LogP) is 5.50. The number of hydrogen-bond donors (Lipinski definition) is 1. The van der Waals surface area contributed by atoms with E-state index in [2.05, 4.69) is 35.6 Å². The third kappa shape index (κ3) is 3.86. The number of amides is 1. The number of nitrogens with one attached hydrogen (secondary N) is 1. The van der Waals surface area contributed by atoms with Crippen molar-refractivity contribution in [3.8, 4) is 0 Å². The lowest BCUT2D eigenvalue weighted by Gasteiger charge is -2.12. The van der Waals surface area contributed by atoms with Crippen LogP contribution in [0.4, 0.5) is 5.69 Å². The summed E-state index contributed by atoms with van der Waals surface area (Å²) < 4.78 is 0.495. The first-order valence-corrected chi connectivity index (χ1v) is 10.5. The summed E-state index contributed by atoms with van der Waals surface area (Å²) in [6, 6.07) is 22.6. The summed E-state index contributed by atoms with van der Waals surface area (Å²) in [5, 5.41) is 5.38. The monoisotopic (exact) mass is 365 g/mol. The smallest absolute Gasteiger partial charge is 0.228 e. The average Bonchev–Trinajstić information content (AvgIpc) is 3.17. The molecule has 0 spiro atoms. The molecule has 3 aromatic rings. The molecule has 0 atom stereocenters. The minimum absolute atomic E-state index is 0.0280. The quantitative estimate of drug-likeness (QED) is 0.662. The van der Waals surface area contributed by atoms with Gasteiger partial charge >= 0.3 is 0 Å². The first kappa shape index (κ1) is 16.6. The van der Waals surface area contributed by atoms with Gasteiger partial charge in [0.1, 0.15) is 0 Å². The maximum atomic E-state index is 12.5. The molecule has 1 fully saturated rings. The largest absolute Gasteiger partial charge is 0.326 e. The van der Waals surface area contributed by atoms with Crippen molar-refractivity contribution in [1.82, 2.24) is 0 Å². The Hall–Kier alpha value is -1.91. The van der Waals surface area contributed by atoms with Crippen molar-refractivity contribution >= 4 is 45.9 Å². The topological polar surface area (TPSA) is 29.1 Å². The third-order valence-electron chi connectivity index (χ3n) is 4.30. The van der Waals surface area contributed by atoms with Gasteiger partial charge in [-0.05, 0) is 34.0 Å². The summed E-state index contributed by atoms with van der Waals surface area (Å²) in [6.07, 6.45) is 0.387. The van der Waals surface area contributed by atoms with Gasteiger partial charge in [0.2, 0.25) is 5.91 Å². The Morgan fingerprint density at radius 3 is 2.60 bits per heavy atom. The lowest BCUT2D eigenvalue weighted by Crippen LogP contribution is -2.14. The highest BCUT2D eigenvalue weighted by Gasteiger charge is 2.18. The fourth-order valence-electron chi connectivity index (χ4n) is 3.14. The SMILES string of the molecule is O=C(Cc1cccc2ccccc12)Nc1cccc(C2SCCS2)c1. The van der Waals surface area contributed by atoms with Gasteiger partial charge in [-0.2, -0.15) is 0 Å².